The summed E-state index contributed by atoms with van der Waals surface area (Å²) in [4.78, 5) is 4.69. The fourth-order valence-corrected chi connectivity index (χ4v) is 2.29. The van der Waals surface area contributed by atoms with Gasteiger partial charge >= 0.3 is 0 Å². The molecule has 0 radical (unpaired) electrons. The Bertz CT molecular complexity index is 376. The van der Waals surface area contributed by atoms with E-state index < -0.39 is 0 Å². The van der Waals surface area contributed by atoms with Crippen LogP contribution in [0.3, 0.4) is 0 Å². The lowest BCUT2D eigenvalue weighted by molar-refractivity contribution is 0.258. The van der Waals surface area contributed by atoms with Crippen LogP contribution < -0.4 is 10.6 Å². The van der Waals surface area contributed by atoms with Gasteiger partial charge in [-0.05, 0) is 13.0 Å². The number of aromatic nitrogens is 2. The van der Waals surface area contributed by atoms with Crippen LogP contribution in [0, 0.1) is 0 Å². The van der Waals surface area contributed by atoms with Gasteiger partial charge in [0.1, 0.15) is 0 Å². The molecule has 2 rings (SSSR count). The number of nitrogen functional groups attached to an aromatic ring is 1. The molecule has 5 nitrogen and oxygen atoms in total. The molecule has 0 aliphatic carbocycles. The van der Waals surface area contributed by atoms with Gasteiger partial charge in [0.2, 0.25) is 0 Å². The molecule has 1 aliphatic rings. The topological polar surface area (TPSA) is 58.3 Å². The Morgan fingerprint density at radius 1 is 1.29 bits per heavy atom. The van der Waals surface area contributed by atoms with Gasteiger partial charge in [-0.2, -0.15) is 0 Å². The van der Waals surface area contributed by atoms with Crippen molar-refractivity contribution in [1.82, 2.24) is 15.1 Å². The lowest BCUT2D eigenvalue weighted by Crippen LogP contribution is -2.46. The first-order chi connectivity index (χ1) is 8.20. The number of anilines is 2. The lowest BCUT2D eigenvalue weighted by Gasteiger charge is -2.36. The third kappa shape index (κ3) is 2.98. The summed E-state index contributed by atoms with van der Waals surface area (Å²) in [6.07, 6.45) is 1.20. The van der Waals surface area contributed by atoms with Crippen molar-refractivity contribution in [2.45, 2.75) is 13.3 Å². The predicted molar refractivity (Wildman–Crippen MR) is 70.4 cm³/mol. The molecule has 94 valence electrons. The summed E-state index contributed by atoms with van der Waals surface area (Å²) < 4.78 is 0. The molecule has 1 fully saturated rings. The van der Waals surface area contributed by atoms with E-state index in [-0.39, 0.29) is 0 Å². The minimum Gasteiger partial charge on any atom is -0.380 e. The quantitative estimate of drug-likeness (QED) is 0.881. The van der Waals surface area contributed by atoms with Crippen LogP contribution in [0.25, 0.3) is 0 Å². The number of rotatable bonds is 3. The van der Waals surface area contributed by atoms with Crippen LogP contribution in [0.2, 0.25) is 5.15 Å². The van der Waals surface area contributed by atoms with Gasteiger partial charge in [-0.3, -0.25) is 4.90 Å². The fourth-order valence-electron chi connectivity index (χ4n) is 2.15. The van der Waals surface area contributed by atoms with Crippen LogP contribution in [0.4, 0.5) is 11.5 Å². The highest BCUT2D eigenvalue weighted by Gasteiger charge is 2.19. The van der Waals surface area contributed by atoms with E-state index in [0.717, 1.165) is 31.9 Å². The highest BCUT2D eigenvalue weighted by atomic mass is 35.5. The van der Waals surface area contributed by atoms with Gasteiger partial charge in [0.15, 0.2) is 11.0 Å². The minimum atomic E-state index is 0.394. The number of piperazine rings is 1. The molecular formula is C11H18ClN5. The van der Waals surface area contributed by atoms with E-state index in [1.165, 1.54) is 13.0 Å². The number of nitrogens with zero attached hydrogens (tertiary/aromatic N) is 4. The van der Waals surface area contributed by atoms with Crippen LogP contribution in [-0.2, 0) is 0 Å². The summed E-state index contributed by atoms with van der Waals surface area (Å²) in [5.74, 6) is 0.457. The second kappa shape index (κ2) is 5.51. The van der Waals surface area contributed by atoms with Crippen LogP contribution in [-0.4, -0.2) is 47.8 Å². The van der Waals surface area contributed by atoms with E-state index in [1.807, 2.05) is 0 Å². The van der Waals surface area contributed by atoms with Crippen molar-refractivity contribution in [1.29, 1.82) is 0 Å². The Hall–Kier alpha value is -1.07. The van der Waals surface area contributed by atoms with Gasteiger partial charge in [-0.25, -0.2) is 0 Å². The van der Waals surface area contributed by atoms with Crippen molar-refractivity contribution in [3.63, 3.8) is 0 Å². The first kappa shape index (κ1) is 12.4. The van der Waals surface area contributed by atoms with E-state index in [2.05, 4.69) is 26.9 Å². The molecule has 1 aromatic rings. The first-order valence-corrected chi connectivity index (χ1v) is 6.34. The fraction of sp³-hybridized carbons (Fsp3) is 0.636. The summed E-state index contributed by atoms with van der Waals surface area (Å²) in [7, 11) is 0. The maximum absolute atomic E-state index is 5.85. The first-order valence-electron chi connectivity index (χ1n) is 5.96. The third-order valence-electron chi connectivity index (χ3n) is 3.02. The van der Waals surface area contributed by atoms with E-state index in [4.69, 9.17) is 17.3 Å². The summed E-state index contributed by atoms with van der Waals surface area (Å²) in [5.41, 5.74) is 6.73. The standard InChI is InChI=1S/C11H18ClN5/c1-2-3-16-4-6-17(7-5-16)9-8-10(12)14-15-11(9)13/h8H,2-7H2,1H3,(H2,13,15). The number of hydrogen-bond donors (Lipinski definition) is 1. The van der Waals surface area contributed by atoms with Crippen LogP contribution in [0.15, 0.2) is 6.07 Å². The molecule has 0 unspecified atom stereocenters. The third-order valence-corrected chi connectivity index (χ3v) is 3.21. The van der Waals surface area contributed by atoms with Gasteiger partial charge in [-0.1, -0.05) is 18.5 Å². The molecular weight excluding hydrogens is 238 g/mol. The monoisotopic (exact) mass is 255 g/mol. The lowest BCUT2D eigenvalue weighted by atomic mass is 10.2. The summed E-state index contributed by atoms with van der Waals surface area (Å²) in [6.45, 7) is 7.43. The SMILES string of the molecule is CCCN1CCN(c2cc(Cl)nnc2N)CC1. The van der Waals surface area contributed by atoms with Crippen molar-refractivity contribution >= 4 is 23.1 Å². The van der Waals surface area contributed by atoms with Gasteiger partial charge in [-0.15, -0.1) is 10.2 Å². The predicted octanol–water partition coefficient (Wildman–Crippen LogP) is 1.24. The number of hydrogen-bond acceptors (Lipinski definition) is 5. The summed E-state index contributed by atoms with van der Waals surface area (Å²) in [5, 5.41) is 7.98. The Balaban J connectivity index is 2.02. The molecule has 1 aromatic heterocycles. The zero-order valence-electron chi connectivity index (χ0n) is 10.1. The Kier molecular flexibility index (Phi) is 4.02. The molecule has 1 saturated heterocycles. The summed E-state index contributed by atoms with van der Waals surface area (Å²) >= 11 is 5.85. The van der Waals surface area contributed by atoms with Crippen molar-refractivity contribution < 1.29 is 0 Å². The summed E-state index contributed by atoms with van der Waals surface area (Å²) in [6, 6.07) is 1.79. The molecule has 6 heteroatoms. The molecule has 0 aromatic carbocycles. The average Bonchev–Trinajstić information content (AvgIpc) is 2.34. The number of halogens is 1. The Morgan fingerprint density at radius 3 is 2.65 bits per heavy atom. The van der Waals surface area contributed by atoms with E-state index >= 15 is 0 Å². The molecule has 0 spiro atoms. The van der Waals surface area contributed by atoms with Crippen molar-refractivity contribution in [2.75, 3.05) is 43.4 Å². The zero-order chi connectivity index (χ0) is 12.3. The molecule has 0 atom stereocenters. The van der Waals surface area contributed by atoms with E-state index in [0.29, 0.717) is 11.0 Å². The van der Waals surface area contributed by atoms with Crippen molar-refractivity contribution in [3.05, 3.63) is 11.2 Å². The zero-order valence-corrected chi connectivity index (χ0v) is 10.8. The van der Waals surface area contributed by atoms with Gasteiger partial charge in [0.25, 0.3) is 0 Å². The van der Waals surface area contributed by atoms with Crippen molar-refractivity contribution in [2.24, 2.45) is 0 Å². The normalized spacial score (nSPS) is 17.4. The second-order valence-corrected chi connectivity index (χ2v) is 4.65. The molecule has 2 heterocycles. The Labute approximate surface area is 107 Å². The average molecular weight is 256 g/mol. The largest absolute Gasteiger partial charge is 0.380 e. The van der Waals surface area contributed by atoms with E-state index in [9.17, 15) is 0 Å². The minimum absolute atomic E-state index is 0.394. The highest BCUT2D eigenvalue weighted by Crippen LogP contribution is 2.24. The second-order valence-electron chi connectivity index (χ2n) is 4.27. The molecule has 1 aliphatic heterocycles. The number of nitrogens with two attached hydrogens (primary N) is 1. The van der Waals surface area contributed by atoms with Crippen LogP contribution in [0.1, 0.15) is 13.3 Å². The van der Waals surface area contributed by atoms with Gasteiger partial charge in [0, 0.05) is 32.2 Å². The van der Waals surface area contributed by atoms with Crippen LogP contribution in [0.5, 0.6) is 0 Å². The van der Waals surface area contributed by atoms with Crippen molar-refractivity contribution in [3.8, 4) is 0 Å². The van der Waals surface area contributed by atoms with Crippen LogP contribution >= 0.6 is 11.6 Å². The Morgan fingerprint density at radius 2 is 2.00 bits per heavy atom. The molecule has 2 N–H and O–H groups in total. The maximum atomic E-state index is 5.85. The molecule has 0 bridgehead atoms. The smallest absolute Gasteiger partial charge is 0.169 e. The highest BCUT2D eigenvalue weighted by molar-refractivity contribution is 6.29. The van der Waals surface area contributed by atoms with Gasteiger partial charge < -0.3 is 10.6 Å². The van der Waals surface area contributed by atoms with E-state index in [1.54, 1.807) is 6.07 Å². The molecule has 0 saturated carbocycles. The maximum Gasteiger partial charge on any atom is 0.169 e. The molecule has 17 heavy (non-hydrogen) atoms. The molecule has 0 amide bonds. The van der Waals surface area contributed by atoms with Gasteiger partial charge in [0.05, 0.1) is 5.69 Å².